The lowest BCUT2D eigenvalue weighted by atomic mass is 10.0. The summed E-state index contributed by atoms with van der Waals surface area (Å²) in [6.07, 6.45) is 12.3. The molecule has 3 rings (SSSR count). The Morgan fingerprint density at radius 2 is 1.15 bits per heavy atom. The van der Waals surface area contributed by atoms with Crippen LogP contribution < -0.4 is 9.44 Å². The van der Waals surface area contributed by atoms with Crippen LogP contribution in [0.3, 0.4) is 0 Å². The maximum absolute atomic E-state index is 12.4. The largest absolute Gasteiger partial charge is 0.296 e. The van der Waals surface area contributed by atoms with Crippen LogP contribution in [0.1, 0.15) is 84.9 Å². The van der Waals surface area contributed by atoms with Gasteiger partial charge in [0.05, 0.1) is 0 Å². The lowest BCUT2D eigenvalue weighted by Gasteiger charge is -2.21. The molecule has 1 aromatic carbocycles. The molecule has 6 heteroatoms. The molecule has 1 aromatic rings. The summed E-state index contributed by atoms with van der Waals surface area (Å²) in [7, 11) is 0. The predicted octanol–water partition coefficient (Wildman–Crippen LogP) is 5.11. The zero-order valence-electron chi connectivity index (χ0n) is 15.2. The van der Waals surface area contributed by atoms with E-state index in [0.717, 1.165) is 0 Å². The van der Waals surface area contributed by atoms with E-state index in [1.165, 1.54) is 88.1 Å². The number of amides is 2. The smallest absolute Gasteiger partial charge is 0.261 e. The number of hydrogen-bond donors (Lipinski definition) is 2. The third-order valence-corrected chi connectivity index (χ3v) is 7.34. The molecule has 2 N–H and O–H groups in total. The molecule has 0 spiro atoms. The van der Waals surface area contributed by atoms with Crippen molar-refractivity contribution in [3.8, 4) is 0 Å². The predicted molar refractivity (Wildman–Crippen MR) is 110 cm³/mol. The molecule has 26 heavy (non-hydrogen) atoms. The van der Waals surface area contributed by atoms with Gasteiger partial charge in [0.25, 0.3) is 11.8 Å². The van der Waals surface area contributed by atoms with Gasteiger partial charge in [0.1, 0.15) is 0 Å². The van der Waals surface area contributed by atoms with E-state index in [1.807, 2.05) is 0 Å². The Bertz CT molecular complexity index is 562. The van der Waals surface area contributed by atoms with Gasteiger partial charge in [-0.3, -0.25) is 19.0 Å². The van der Waals surface area contributed by atoms with Gasteiger partial charge in [-0.05, 0) is 67.8 Å². The van der Waals surface area contributed by atoms with Gasteiger partial charge in [-0.1, -0.05) is 44.6 Å². The van der Waals surface area contributed by atoms with Gasteiger partial charge in [-0.25, -0.2) is 0 Å². The summed E-state index contributed by atoms with van der Waals surface area (Å²) >= 11 is 3.08. The fourth-order valence-corrected chi connectivity index (χ4v) is 5.48. The van der Waals surface area contributed by atoms with E-state index < -0.39 is 0 Å². The Balaban J connectivity index is 1.49. The number of carbonyl (C=O) groups excluding carboxylic acids is 2. The van der Waals surface area contributed by atoms with Crippen LogP contribution in [0.15, 0.2) is 24.3 Å². The van der Waals surface area contributed by atoms with Crippen molar-refractivity contribution in [3.05, 3.63) is 35.4 Å². The van der Waals surface area contributed by atoms with Gasteiger partial charge in [0.15, 0.2) is 0 Å². The highest BCUT2D eigenvalue weighted by atomic mass is 32.2. The first kappa shape index (κ1) is 19.6. The summed E-state index contributed by atoms with van der Waals surface area (Å²) in [6.45, 7) is 0. The highest BCUT2D eigenvalue weighted by molar-refractivity contribution is 7.98. The first-order valence-corrected chi connectivity index (χ1v) is 11.5. The fourth-order valence-electron chi connectivity index (χ4n) is 3.56. The lowest BCUT2D eigenvalue weighted by Crippen LogP contribution is -2.23. The van der Waals surface area contributed by atoms with Crippen LogP contribution in [-0.2, 0) is 0 Å². The van der Waals surface area contributed by atoms with E-state index >= 15 is 0 Å². The van der Waals surface area contributed by atoms with E-state index in [0.29, 0.717) is 21.6 Å². The summed E-state index contributed by atoms with van der Waals surface area (Å²) in [6, 6.07) is 7.00. The molecule has 2 fully saturated rings. The molecule has 142 valence electrons. The van der Waals surface area contributed by atoms with E-state index in [2.05, 4.69) is 9.44 Å². The summed E-state index contributed by atoms with van der Waals surface area (Å²) in [4.78, 5) is 24.8. The highest BCUT2D eigenvalue weighted by Crippen LogP contribution is 2.27. The highest BCUT2D eigenvalue weighted by Gasteiger charge is 2.18. The van der Waals surface area contributed by atoms with Gasteiger partial charge in [-0.2, -0.15) is 0 Å². The second kappa shape index (κ2) is 10.3. The minimum atomic E-state index is -0.116. The molecule has 0 unspecified atom stereocenters. The van der Waals surface area contributed by atoms with Gasteiger partial charge < -0.3 is 0 Å². The van der Waals surface area contributed by atoms with Crippen LogP contribution >= 0.6 is 23.9 Å². The minimum Gasteiger partial charge on any atom is -0.296 e. The normalized spacial score (nSPS) is 19.1. The molecule has 2 aliphatic carbocycles. The van der Waals surface area contributed by atoms with Gasteiger partial charge in [0, 0.05) is 21.6 Å². The van der Waals surface area contributed by atoms with Gasteiger partial charge >= 0.3 is 0 Å². The van der Waals surface area contributed by atoms with Crippen LogP contribution in [-0.4, -0.2) is 22.3 Å². The first-order chi connectivity index (χ1) is 12.7. The molecule has 0 aliphatic heterocycles. The summed E-state index contributed by atoms with van der Waals surface area (Å²) < 4.78 is 5.92. The summed E-state index contributed by atoms with van der Waals surface area (Å²) in [5.41, 5.74) is 1.09. The number of hydrogen-bond acceptors (Lipinski definition) is 4. The lowest BCUT2D eigenvalue weighted by molar-refractivity contribution is 0.0983. The Kier molecular flexibility index (Phi) is 7.74. The van der Waals surface area contributed by atoms with E-state index in [9.17, 15) is 9.59 Å². The van der Waals surface area contributed by atoms with Gasteiger partial charge in [-0.15, -0.1) is 0 Å². The van der Waals surface area contributed by atoms with Crippen LogP contribution in [0.4, 0.5) is 0 Å². The van der Waals surface area contributed by atoms with Crippen molar-refractivity contribution in [1.82, 2.24) is 9.44 Å². The first-order valence-electron chi connectivity index (χ1n) is 9.74. The average Bonchev–Trinajstić information content (AvgIpc) is 2.72. The zero-order valence-corrected chi connectivity index (χ0v) is 16.8. The molecule has 0 aromatic heterocycles. The van der Waals surface area contributed by atoms with Crippen LogP contribution in [0.5, 0.6) is 0 Å². The SMILES string of the molecule is O=C(NSC1CCCCC1)c1cccc(C(=O)NSC2CCCCC2)c1. The fraction of sp³-hybridized carbons (Fsp3) is 0.600. The Labute approximate surface area is 164 Å². The third-order valence-electron chi connectivity index (χ3n) is 5.13. The van der Waals surface area contributed by atoms with Gasteiger partial charge in [0.2, 0.25) is 0 Å². The zero-order chi connectivity index (χ0) is 18.2. The molecule has 0 bridgehead atoms. The molecule has 0 radical (unpaired) electrons. The second-order valence-electron chi connectivity index (χ2n) is 7.20. The van der Waals surface area contributed by atoms with E-state index in [1.54, 1.807) is 24.3 Å². The molecule has 2 aliphatic rings. The third kappa shape index (κ3) is 5.95. The molecule has 0 heterocycles. The van der Waals surface area contributed by atoms with Crippen molar-refractivity contribution >= 4 is 35.7 Å². The average molecular weight is 393 g/mol. The number of rotatable bonds is 6. The molecule has 2 amide bonds. The van der Waals surface area contributed by atoms with Crippen LogP contribution in [0.2, 0.25) is 0 Å². The molecule has 0 saturated heterocycles. The van der Waals surface area contributed by atoms with Crippen molar-refractivity contribution in [1.29, 1.82) is 0 Å². The molecule has 4 nitrogen and oxygen atoms in total. The van der Waals surface area contributed by atoms with Crippen molar-refractivity contribution in [2.45, 2.75) is 74.7 Å². The van der Waals surface area contributed by atoms with Crippen molar-refractivity contribution in [3.63, 3.8) is 0 Å². The van der Waals surface area contributed by atoms with Crippen LogP contribution in [0, 0.1) is 0 Å². The minimum absolute atomic E-state index is 0.116. The Hall–Kier alpha value is -1.14. The quantitative estimate of drug-likeness (QED) is 0.661. The van der Waals surface area contributed by atoms with Crippen molar-refractivity contribution < 1.29 is 9.59 Å². The monoisotopic (exact) mass is 392 g/mol. The topological polar surface area (TPSA) is 58.2 Å². The molecular formula is C20H28N2O2S2. The molecule has 2 saturated carbocycles. The molecular weight excluding hydrogens is 364 g/mol. The Morgan fingerprint density at radius 1 is 0.731 bits per heavy atom. The number of carbonyl (C=O) groups is 2. The van der Waals surface area contributed by atoms with E-state index in [4.69, 9.17) is 0 Å². The summed E-state index contributed by atoms with van der Waals surface area (Å²) in [5, 5.41) is 1.04. The van der Waals surface area contributed by atoms with E-state index in [-0.39, 0.29) is 11.8 Å². The van der Waals surface area contributed by atoms with Crippen molar-refractivity contribution in [2.75, 3.05) is 0 Å². The number of benzene rings is 1. The van der Waals surface area contributed by atoms with Crippen LogP contribution in [0.25, 0.3) is 0 Å². The maximum Gasteiger partial charge on any atom is 0.261 e. The second-order valence-corrected chi connectivity index (χ2v) is 9.41. The summed E-state index contributed by atoms with van der Waals surface area (Å²) in [5.74, 6) is -0.231. The number of nitrogens with one attached hydrogen (secondary N) is 2. The maximum atomic E-state index is 12.4. The molecule has 0 atom stereocenters. The van der Waals surface area contributed by atoms with Crippen molar-refractivity contribution in [2.24, 2.45) is 0 Å². The Morgan fingerprint density at radius 3 is 1.58 bits per heavy atom. The standard InChI is InChI=1S/C20H28N2O2S2/c23-19(21-25-17-10-3-1-4-11-17)15-8-7-9-16(14-15)20(24)22-26-18-12-5-2-6-13-18/h7-9,14,17-18H,1-6,10-13H2,(H,21,23)(H,22,24).